The van der Waals surface area contributed by atoms with Gasteiger partial charge >= 0.3 is 0 Å². The minimum Gasteiger partial charge on any atom is -0.313 e. The van der Waals surface area contributed by atoms with Crippen molar-refractivity contribution in [1.82, 2.24) is 10.2 Å². The first-order chi connectivity index (χ1) is 9.60. The first-order valence-electron chi connectivity index (χ1n) is 7.51. The van der Waals surface area contributed by atoms with E-state index in [4.69, 9.17) is 0 Å². The third-order valence-electron chi connectivity index (χ3n) is 4.11. The SMILES string of the molecule is CNC(c1ccccc1)C(C)CN(C)C(C)CCSC. The highest BCUT2D eigenvalue weighted by molar-refractivity contribution is 7.98. The summed E-state index contributed by atoms with van der Waals surface area (Å²) in [5, 5.41) is 3.47. The number of nitrogens with zero attached hydrogens (tertiary/aromatic N) is 1. The topological polar surface area (TPSA) is 15.3 Å². The van der Waals surface area contributed by atoms with Crippen LogP contribution >= 0.6 is 11.8 Å². The number of benzene rings is 1. The molecule has 1 aromatic rings. The zero-order valence-corrected chi connectivity index (χ0v) is 14.4. The van der Waals surface area contributed by atoms with Gasteiger partial charge in [-0.3, -0.25) is 0 Å². The smallest absolute Gasteiger partial charge is 0.0355 e. The molecule has 1 N–H and O–H groups in total. The van der Waals surface area contributed by atoms with Crippen molar-refractivity contribution in [1.29, 1.82) is 0 Å². The summed E-state index contributed by atoms with van der Waals surface area (Å²) >= 11 is 1.93. The van der Waals surface area contributed by atoms with Crippen LogP contribution in [-0.4, -0.2) is 43.6 Å². The fourth-order valence-electron chi connectivity index (χ4n) is 2.69. The van der Waals surface area contributed by atoms with Gasteiger partial charge in [0.25, 0.3) is 0 Å². The van der Waals surface area contributed by atoms with Crippen molar-refractivity contribution < 1.29 is 0 Å². The molecular formula is C17H30N2S. The molecule has 0 bridgehead atoms. The Morgan fingerprint density at radius 1 is 1.20 bits per heavy atom. The molecule has 114 valence electrons. The lowest BCUT2D eigenvalue weighted by atomic mass is 9.94. The fourth-order valence-corrected chi connectivity index (χ4v) is 3.27. The molecule has 0 heterocycles. The summed E-state index contributed by atoms with van der Waals surface area (Å²) in [7, 11) is 4.31. The van der Waals surface area contributed by atoms with Crippen molar-refractivity contribution in [2.75, 3.05) is 32.6 Å². The van der Waals surface area contributed by atoms with E-state index in [2.05, 4.69) is 74.7 Å². The third kappa shape index (κ3) is 5.47. The maximum Gasteiger partial charge on any atom is 0.0355 e. The zero-order chi connectivity index (χ0) is 15.0. The molecule has 0 amide bonds. The highest BCUT2D eigenvalue weighted by Crippen LogP contribution is 2.22. The second-order valence-electron chi connectivity index (χ2n) is 5.72. The molecule has 0 aliphatic heterocycles. The number of rotatable bonds is 9. The Morgan fingerprint density at radius 3 is 2.40 bits per heavy atom. The number of nitrogens with one attached hydrogen (secondary N) is 1. The summed E-state index contributed by atoms with van der Waals surface area (Å²) in [6.07, 6.45) is 3.45. The summed E-state index contributed by atoms with van der Waals surface area (Å²) < 4.78 is 0. The minimum absolute atomic E-state index is 0.423. The molecule has 0 aliphatic rings. The van der Waals surface area contributed by atoms with Gasteiger partial charge in [0, 0.05) is 18.6 Å². The molecule has 0 aliphatic carbocycles. The maximum atomic E-state index is 3.47. The average molecular weight is 295 g/mol. The van der Waals surface area contributed by atoms with E-state index in [1.807, 2.05) is 11.8 Å². The number of hydrogen-bond donors (Lipinski definition) is 1. The van der Waals surface area contributed by atoms with E-state index in [0.717, 1.165) is 6.54 Å². The Balaban J connectivity index is 2.57. The van der Waals surface area contributed by atoms with E-state index in [1.165, 1.54) is 17.7 Å². The standard InChI is InChI=1S/C17H30N2S/c1-14(13-19(4)15(2)11-12-20-5)17(18-3)16-9-7-6-8-10-16/h6-10,14-15,17-18H,11-13H2,1-5H3. The van der Waals surface area contributed by atoms with Gasteiger partial charge in [0.15, 0.2) is 0 Å². The van der Waals surface area contributed by atoms with E-state index in [9.17, 15) is 0 Å². The van der Waals surface area contributed by atoms with Crippen LogP contribution in [0.5, 0.6) is 0 Å². The van der Waals surface area contributed by atoms with Crippen LogP contribution in [0.3, 0.4) is 0 Å². The lowest BCUT2D eigenvalue weighted by Gasteiger charge is -2.31. The molecule has 0 saturated heterocycles. The lowest BCUT2D eigenvalue weighted by molar-refractivity contribution is 0.200. The molecule has 0 spiro atoms. The van der Waals surface area contributed by atoms with Gasteiger partial charge in [0.05, 0.1) is 0 Å². The molecule has 2 nitrogen and oxygen atoms in total. The van der Waals surface area contributed by atoms with E-state index in [0.29, 0.717) is 18.0 Å². The normalized spacial score (nSPS) is 16.1. The Bertz CT molecular complexity index is 355. The van der Waals surface area contributed by atoms with Gasteiger partial charge in [-0.1, -0.05) is 37.3 Å². The van der Waals surface area contributed by atoms with Gasteiger partial charge in [-0.2, -0.15) is 11.8 Å². The number of hydrogen-bond acceptors (Lipinski definition) is 3. The molecule has 1 rings (SSSR count). The summed E-state index contributed by atoms with van der Waals surface area (Å²) in [6.45, 7) is 5.79. The maximum absolute atomic E-state index is 3.47. The molecule has 3 unspecified atom stereocenters. The molecule has 0 saturated carbocycles. The summed E-state index contributed by atoms with van der Waals surface area (Å²) in [5.41, 5.74) is 1.38. The van der Waals surface area contributed by atoms with Crippen LogP contribution in [0.1, 0.15) is 31.9 Å². The molecule has 3 heteroatoms. The largest absolute Gasteiger partial charge is 0.313 e. The molecule has 1 aromatic carbocycles. The van der Waals surface area contributed by atoms with Crippen molar-refractivity contribution in [3.8, 4) is 0 Å². The van der Waals surface area contributed by atoms with Gasteiger partial charge in [0.2, 0.25) is 0 Å². The van der Waals surface area contributed by atoms with Crippen molar-refractivity contribution >= 4 is 11.8 Å². The fraction of sp³-hybridized carbons (Fsp3) is 0.647. The van der Waals surface area contributed by atoms with Gasteiger partial charge in [-0.15, -0.1) is 0 Å². The highest BCUT2D eigenvalue weighted by Gasteiger charge is 2.20. The highest BCUT2D eigenvalue weighted by atomic mass is 32.2. The van der Waals surface area contributed by atoms with Crippen molar-refractivity contribution in [3.05, 3.63) is 35.9 Å². The van der Waals surface area contributed by atoms with Crippen molar-refractivity contribution in [2.45, 2.75) is 32.4 Å². The first-order valence-corrected chi connectivity index (χ1v) is 8.90. The summed E-state index contributed by atoms with van der Waals surface area (Å²) in [4.78, 5) is 2.49. The third-order valence-corrected chi connectivity index (χ3v) is 4.75. The van der Waals surface area contributed by atoms with E-state index >= 15 is 0 Å². The van der Waals surface area contributed by atoms with E-state index in [1.54, 1.807) is 0 Å². The van der Waals surface area contributed by atoms with Gasteiger partial charge < -0.3 is 10.2 Å². The second kappa shape index (κ2) is 9.43. The van der Waals surface area contributed by atoms with Crippen LogP contribution in [0, 0.1) is 5.92 Å². The van der Waals surface area contributed by atoms with Crippen molar-refractivity contribution in [3.63, 3.8) is 0 Å². The second-order valence-corrected chi connectivity index (χ2v) is 6.71. The average Bonchev–Trinajstić information content (AvgIpc) is 2.46. The Labute approximate surface area is 129 Å². The predicted octanol–water partition coefficient (Wildman–Crippen LogP) is 3.66. The Morgan fingerprint density at radius 2 is 1.85 bits per heavy atom. The molecule has 3 atom stereocenters. The zero-order valence-electron chi connectivity index (χ0n) is 13.6. The Hall–Kier alpha value is -0.510. The predicted molar refractivity (Wildman–Crippen MR) is 92.5 cm³/mol. The monoisotopic (exact) mass is 294 g/mol. The van der Waals surface area contributed by atoms with Crippen LogP contribution < -0.4 is 5.32 Å². The summed E-state index contributed by atoms with van der Waals surface area (Å²) in [6, 6.07) is 11.8. The van der Waals surface area contributed by atoms with Gasteiger partial charge in [0.1, 0.15) is 0 Å². The van der Waals surface area contributed by atoms with Crippen LogP contribution in [0.15, 0.2) is 30.3 Å². The van der Waals surface area contributed by atoms with E-state index in [-0.39, 0.29) is 0 Å². The lowest BCUT2D eigenvalue weighted by Crippen LogP contribution is -2.37. The van der Waals surface area contributed by atoms with Crippen LogP contribution in [0.2, 0.25) is 0 Å². The first kappa shape index (κ1) is 17.5. The quantitative estimate of drug-likeness (QED) is 0.748. The molecule has 0 radical (unpaired) electrons. The van der Waals surface area contributed by atoms with Gasteiger partial charge in [-0.05, 0) is 50.9 Å². The molecular weight excluding hydrogens is 264 g/mol. The summed E-state index contributed by atoms with van der Waals surface area (Å²) in [5.74, 6) is 1.83. The van der Waals surface area contributed by atoms with Crippen LogP contribution in [-0.2, 0) is 0 Å². The Kier molecular flexibility index (Phi) is 8.27. The number of thioether (sulfide) groups is 1. The van der Waals surface area contributed by atoms with Crippen LogP contribution in [0.4, 0.5) is 0 Å². The van der Waals surface area contributed by atoms with E-state index < -0.39 is 0 Å². The van der Waals surface area contributed by atoms with Crippen molar-refractivity contribution in [2.24, 2.45) is 5.92 Å². The minimum atomic E-state index is 0.423. The van der Waals surface area contributed by atoms with Crippen LogP contribution in [0.25, 0.3) is 0 Å². The molecule has 0 fully saturated rings. The van der Waals surface area contributed by atoms with Gasteiger partial charge in [-0.25, -0.2) is 0 Å². The molecule has 20 heavy (non-hydrogen) atoms. The molecule has 0 aromatic heterocycles.